The first kappa shape index (κ1) is 20.4. The summed E-state index contributed by atoms with van der Waals surface area (Å²) in [5.41, 5.74) is 0.832. The van der Waals surface area contributed by atoms with Crippen LogP contribution in [-0.2, 0) is 4.79 Å². The zero-order chi connectivity index (χ0) is 19.1. The summed E-state index contributed by atoms with van der Waals surface area (Å²) in [5.74, 6) is 3.54. The zero-order valence-corrected chi connectivity index (χ0v) is 17.4. The maximum absolute atomic E-state index is 12.6. The highest BCUT2D eigenvalue weighted by molar-refractivity contribution is 9.10. The summed E-state index contributed by atoms with van der Waals surface area (Å²) < 4.78 is 12.0. The van der Waals surface area contributed by atoms with Gasteiger partial charge in [0.25, 0.3) is 5.91 Å². The average molecular weight is 437 g/mol. The van der Waals surface area contributed by atoms with E-state index in [4.69, 9.17) is 15.9 Å². The molecule has 0 atom stereocenters. The summed E-state index contributed by atoms with van der Waals surface area (Å²) in [5, 5.41) is 0.740. The summed E-state index contributed by atoms with van der Waals surface area (Å²) in [6.07, 6.45) is 7.11. The van der Waals surface area contributed by atoms with E-state index in [1.165, 1.54) is 11.8 Å². The molecule has 1 fully saturated rings. The van der Waals surface area contributed by atoms with Crippen molar-refractivity contribution in [3.05, 3.63) is 27.1 Å². The Morgan fingerprint density at radius 1 is 1.35 bits per heavy atom. The third-order valence-corrected chi connectivity index (χ3v) is 5.06. The molecule has 0 radical (unpaired) electrons. The second kappa shape index (κ2) is 9.70. The molecular formula is C19H21BrN2O3S. The van der Waals surface area contributed by atoms with E-state index >= 15 is 0 Å². The number of carbonyl (C=O) groups is 1. The lowest BCUT2D eigenvalue weighted by Gasteiger charge is -2.13. The Kier molecular flexibility index (Phi) is 7.61. The number of rotatable bonds is 7. The quantitative estimate of drug-likeness (QED) is 0.475. The summed E-state index contributed by atoms with van der Waals surface area (Å²) in [6, 6.07) is 3.71. The van der Waals surface area contributed by atoms with Crippen molar-refractivity contribution < 1.29 is 14.3 Å². The van der Waals surface area contributed by atoms with Gasteiger partial charge in [0.05, 0.1) is 16.0 Å². The van der Waals surface area contributed by atoms with Gasteiger partial charge in [-0.2, -0.15) is 0 Å². The van der Waals surface area contributed by atoms with Gasteiger partial charge in [0.2, 0.25) is 0 Å². The molecule has 1 amide bonds. The van der Waals surface area contributed by atoms with Crippen molar-refractivity contribution in [3.63, 3.8) is 0 Å². The number of likely N-dealkylation sites (N-methyl/N-ethyl adjacent to an activating group) is 1. The van der Waals surface area contributed by atoms with Crippen LogP contribution in [-0.4, -0.2) is 42.3 Å². The fourth-order valence-corrected chi connectivity index (χ4v) is 4.06. The van der Waals surface area contributed by atoms with E-state index in [0.717, 1.165) is 15.2 Å². The Hall–Kier alpha value is -1.91. The van der Waals surface area contributed by atoms with Gasteiger partial charge in [0.1, 0.15) is 6.61 Å². The Morgan fingerprint density at radius 3 is 2.73 bits per heavy atom. The first-order chi connectivity index (χ1) is 12.5. The fraction of sp³-hybridized carbons (Fsp3) is 0.368. The van der Waals surface area contributed by atoms with Crippen LogP contribution >= 0.6 is 27.7 Å². The minimum absolute atomic E-state index is 0.0357. The number of amidine groups is 1. The maximum Gasteiger partial charge on any atom is 0.266 e. The van der Waals surface area contributed by atoms with Crippen molar-refractivity contribution in [2.45, 2.75) is 20.8 Å². The third-order valence-electron chi connectivity index (χ3n) is 3.43. The number of ether oxygens (including phenoxy) is 2. The largest absolute Gasteiger partial charge is 0.490 e. The molecule has 2 rings (SSSR count). The third kappa shape index (κ3) is 4.63. The lowest BCUT2D eigenvalue weighted by atomic mass is 10.2. The predicted molar refractivity (Wildman–Crippen MR) is 111 cm³/mol. The Labute approximate surface area is 167 Å². The number of hydrogen-bond donors (Lipinski definition) is 0. The number of aliphatic imine (C=N–C) groups is 1. The molecule has 0 aliphatic carbocycles. The lowest BCUT2D eigenvalue weighted by molar-refractivity contribution is -0.122. The number of benzene rings is 1. The molecule has 0 spiro atoms. The number of nitrogens with zero attached hydrogens (tertiary/aromatic N) is 2. The minimum atomic E-state index is -0.0357. The molecule has 0 bridgehead atoms. The molecule has 138 valence electrons. The van der Waals surface area contributed by atoms with Crippen LogP contribution in [0.2, 0.25) is 0 Å². The molecule has 1 aliphatic heterocycles. The second-order valence-electron chi connectivity index (χ2n) is 5.17. The van der Waals surface area contributed by atoms with Crippen LogP contribution in [0.15, 0.2) is 26.5 Å². The zero-order valence-electron chi connectivity index (χ0n) is 15.0. The highest BCUT2D eigenvalue weighted by atomic mass is 79.9. The SMILES string of the molecule is C#CCOc1c(Br)cc(/C=C2/SC(=NCC)N(CC)C2=O)cc1OCC. The molecule has 7 heteroatoms. The number of carbonyl (C=O) groups excluding carboxylic acids is 1. The van der Waals surface area contributed by atoms with Crippen molar-refractivity contribution >= 4 is 44.8 Å². The highest BCUT2D eigenvalue weighted by Gasteiger charge is 2.31. The summed E-state index contributed by atoms with van der Waals surface area (Å²) in [7, 11) is 0. The molecule has 1 aromatic rings. The first-order valence-corrected chi connectivity index (χ1v) is 9.95. The van der Waals surface area contributed by atoms with Gasteiger partial charge in [0, 0.05) is 13.1 Å². The van der Waals surface area contributed by atoms with Crippen LogP contribution in [0.4, 0.5) is 0 Å². The molecule has 5 nitrogen and oxygen atoms in total. The molecule has 26 heavy (non-hydrogen) atoms. The van der Waals surface area contributed by atoms with Gasteiger partial charge in [-0.3, -0.25) is 14.7 Å². The van der Waals surface area contributed by atoms with E-state index < -0.39 is 0 Å². The van der Waals surface area contributed by atoms with Gasteiger partial charge < -0.3 is 9.47 Å². The molecular weight excluding hydrogens is 416 g/mol. The topological polar surface area (TPSA) is 51.1 Å². The van der Waals surface area contributed by atoms with Gasteiger partial charge >= 0.3 is 0 Å². The van der Waals surface area contributed by atoms with Gasteiger partial charge in [-0.1, -0.05) is 5.92 Å². The number of amides is 1. The van der Waals surface area contributed by atoms with Gasteiger partial charge in [-0.15, -0.1) is 6.42 Å². The summed E-state index contributed by atoms with van der Waals surface area (Å²) in [6.45, 7) is 7.66. The monoisotopic (exact) mass is 436 g/mol. The predicted octanol–water partition coefficient (Wildman–Crippen LogP) is 4.17. The van der Waals surface area contributed by atoms with Crippen molar-refractivity contribution in [2.24, 2.45) is 4.99 Å². The fourth-order valence-electron chi connectivity index (χ4n) is 2.38. The molecule has 0 saturated carbocycles. The smallest absolute Gasteiger partial charge is 0.266 e. The van der Waals surface area contributed by atoms with E-state index in [1.807, 2.05) is 39.0 Å². The van der Waals surface area contributed by atoms with E-state index in [-0.39, 0.29) is 12.5 Å². The molecule has 0 unspecified atom stereocenters. The number of hydrogen-bond acceptors (Lipinski definition) is 5. The van der Waals surface area contributed by atoms with E-state index in [2.05, 4.69) is 26.8 Å². The van der Waals surface area contributed by atoms with Crippen LogP contribution < -0.4 is 9.47 Å². The molecule has 1 aromatic carbocycles. The molecule has 1 heterocycles. The minimum Gasteiger partial charge on any atom is -0.490 e. The number of terminal acetylenes is 1. The number of halogens is 1. The van der Waals surface area contributed by atoms with Crippen LogP contribution in [0.3, 0.4) is 0 Å². The Bertz CT molecular complexity index is 784. The Balaban J connectivity index is 2.40. The van der Waals surface area contributed by atoms with Gasteiger partial charge in [-0.05, 0) is 72.2 Å². The highest BCUT2D eigenvalue weighted by Crippen LogP contribution is 2.39. The average Bonchev–Trinajstić information content (AvgIpc) is 2.89. The molecule has 1 saturated heterocycles. The molecule has 0 N–H and O–H groups in total. The van der Waals surface area contributed by atoms with E-state index in [1.54, 1.807) is 4.90 Å². The summed E-state index contributed by atoms with van der Waals surface area (Å²) >= 11 is 4.88. The van der Waals surface area contributed by atoms with Crippen molar-refractivity contribution in [1.82, 2.24) is 4.90 Å². The van der Waals surface area contributed by atoms with Crippen molar-refractivity contribution in [1.29, 1.82) is 0 Å². The standard InChI is InChI=1S/C19H21BrN2O3S/c1-5-9-25-17-14(20)10-13(11-15(17)24-8-4)12-16-18(23)22(7-3)19(26-16)21-6-2/h1,10-12H,6-9H2,2-4H3/b16-12+,21-19?. The lowest BCUT2D eigenvalue weighted by Crippen LogP contribution is -2.28. The number of thioether (sulfide) groups is 1. The van der Waals surface area contributed by atoms with Crippen LogP contribution in [0.1, 0.15) is 26.3 Å². The summed E-state index contributed by atoms with van der Waals surface area (Å²) in [4.78, 5) is 19.3. The van der Waals surface area contributed by atoms with Crippen LogP contribution in [0.5, 0.6) is 11.5 Å². The first-order valence-electron chi connectivity index (χ1n) is 8.34. The van der Waals surface area contributed by atoms with E-state index in [9.17, 15) is 4.79 Å². The molecule has 1 aliphatic rings. The molecule has 0 aromatic heterocycles. The van der Waals surface area contributed by atoms with Crippen LogP contribution in [0.25, 0.3) is 6.08 Å². The normalized spacial score (nSPS) is 17.0. The maximum atomic E-state index is 12.6. The van der Waals surface area contributed by atoms with Crippen LogP contribution in [0, 0.1) is 12.3 Å². The van der Waals surface area contributed by atoms with Gasteiger partial charge in [0.15, 0.2) is 16.7 Å². The second-order valence-corrected chi connectivity index (χ2v) is 7.04. The van der Waals surface area contributed by atoms with Gasteiger partial charge in [-0.25, -0.2) is 0 Å². The van der Waals surface area contributed by atoms with Crippen molar-refractivity contribution in [3.8, 4) is 23.8 Å². The Morgan fingerprint density at radius 2 is 2.12 bits per heavy atom. The van der Waals surface area contributed by atoms with E-state index in [0.29, 0.717) is 36.1 Å². The van der Waals surface area contributed by atoms with Crippen molar-refractivity contribution in [2.75, 3.05) is 26.3 Å².